The van der Waals surface area contributed by atoms with Crippen LogP contribution in [0.15, 0.2) is 0 Å². The van der Waals surface area contributed by atoms with E-state index in [4.69, 9.17) is 10.8 Å². The molecular weight excluding hydrogens is 254 g/mol. The summed E-state index contributed by atoms with van der Waals surface area (Å²) >= 11 is 0. The van der Waals surface area contributed by atoms with Crippen molar-refractivity contribution in [3.63, 3.8) is 0 Å². The molecule has 0 radical (unpaired) electrons. The minimum atomic E-state index is 0.00754. The Hall–Kier alpha value is -0.650. The Bertz CT molecular complexity index is 314. The third kappa shape index (κ3) is 3.71. The maximum absolute atomic E-state index is 12.8. The van der Waals surface area contributed by atoms with Gasteiger partial charge in [0, 0.05) is 32.2 Å². The predicted octanol–water partition coefficient (Wildman–Crippen LogP) is 0.277. The van der Waals surface area contributed by atoms with Gasteiger partial charge in [0.1, 0.15) is 0 Å². The Morgan fingerprint density at radius 3 is 2.70 bits per heavy atom. The van der Waals surface area contributed by atoms with E-state index in [0.29, 0.717) is 12.5 Å². The SMILES string of the molecule is CC1CCCC(N)C1C(=O)N1CCCN(CCO)CC1. The average Bonchev–Trinajstić information content (AvgIpc) is 2.64. The summed E-state index contributed by atoms with van der Waals surface area (Å²) < 4.78 is 0. The van der Waals surface area contributed by atoms with Gasteiger partial charge < -0.3 is 15.7 Å². The Kier molecular flexibility index (Phi) is 5.81. The molecule has 2 aliphatic rings. The highest BCUT2D eigenvalue weighted by atomic mass is 16.3. The molecule has 3 N–H and O–H groups in total. The van der Waals surface area contributed by atoms with E-state index >= 15 is 0 Å². The quantitative estimate of drug-likeness (QED) is 0.780. The van der Waals surface area contributed by atoms with Gasteiger partial charge >= 0.3 is 0 Å². The first-order chi connectivity index (χ1) is 9.63. The summed E-state index contributed by atoms with van der Waals surface area (Å²) in [5.74, 6) is 0.673. The average molecular weight is 283 g/mol. The maximum Gasteiger partial charge on any atom is 0.227 e. The molecule has 3 unspecified atom stereocenters. The molecule has 116 valence electrons. The van der Waals surface area contributed by atoms with Crippen LogP contribution in [0.2, 0.25) is 0 Å². The zero-order valence-electron chi connectivity index (χ0n) is 12.6. The summed E-state index contributed by atoms with van der Waals surface area (Å²) in [6.45, 7) is 6.50. The lowest BCUT2D eigenvalue weighted by Crippen LogP contribution is -2.49. The van der Waals surface area contributed by atoms with Crippen LogP contribution in [0.25, 0.3) is 0 Å². The summed E-state index contributed by atoms with van der Waals surface area (Å²) in [6.07, 6.45) is 4.23. The third-order valence-corrected chi connectivity index (χ3v) is 4.87. The van der Waals surface area contributed by atoms with Gasteiger partial charge in [-0.1, -0.05) is 13.3 Å². The Morgan fingerprint density at radius 1 is 1.20 bits per heavy atom. The fraction of sp³-hybridized carbons (Fsp3) is 0.933. The molecule has 0 spiro atoms. The minimum Gasteiger partial charge on any atom is -0.395 e. The van der Waals surface area contributed by atoms with Gasteiger partial charge in [-0.25, -0.2) is 0 Å². The number of amides is 1. The van der Waals surface area contributed by atoms with Crippen molar-refractivity contribution in [1.82, 2.24) is 9.80 Å². The second-order valence-electron chi connectivity index (χ2n) is 6.34. The van der Waals surface area contributed by atoms with Crippen molar-refractivity contribution in [2.24, 2.45) is 17.6 Å². The summed E-state index contributed by atoms with van der Waals surface area (Å²) in [5, 5.41) is 9.02. The topological polar surface area (TPSA) is 69.8 Å². The number of aliphatic hydroxyl groups is 1. The van der Waals surface area contributed by atoms with E-state index in [1.807, 2.05) is 4.90 Å². The van der Waals surface area contributed by atoms with Crippen LogP contribution < -0.4 is 5.73 Å². The first-order valence-electron chi connectivity index (χ1n) is 8.01. The van der Waals surface area contributed by atoms with Crippen molar-refractivity contribution < 1.29 is 9.90 Å². The smallest absolute Gasteiger partial charge is 0.227 e. The highest BCUT2D eigenvalue weighted by Crippen LogP contribution is 2.30. The van der Waals surface area contributed by atoms with E-state index in [1.165, 1.54) is 0 Å². The predicted molar refractivity (Wildman–Crippen MR) is 79.2 cm³/mol. The summed E-state index contributed by atoms with van der Waals surface area (Å²) in [4.78, 5) is 17.0. The molecule has 5 nitrogen and oxygen atoms in total. The van der Waals surface area contributed by atoms with Crippen molar-refractivity contribution in [2.75, 3.05) is 39.3 Å². The number of nitrogens with zero attached hydrogens (tertiary/aromatic N) is 2. The molecule has 5 heteroatoms. The van der Waals surface area contributed by atoms with Crippen LogP contribution in [0, 0.1) is 11.8 Å². The van der Waals surface area contributed by atoms with Crippen molar-refractivity contribution in [3.8, 4) is 0 Å². The molecule has 1 saturated heterocycles. The number of carbonyl (C=O) groups is 1. The first kappa shape index (κ1) is 15.7. The fourth-order valence-corrected chi connectivity index (χ4v) is 3.65. The molecule has 2 fully saturated rings. The van der Waals surface area contributed by atoms with E-state index < -0.39 is 0 Å². The van der Waals surface area contributed by atoms with Crippen molar-refractivity contribution >= 4 is 5.91 Å². The highest BCUT2D eigenvalue weighted by molar-refractivity contribution is 5.80. The van der Waals surface area contributed by atoms with Crippen molar-refractivity contribution in [2.45, 2.75) is 38.6 Å². The third-order valence-electron chi connectivity index (χ3n) is 4.87. The molecular formula is C15H29N3O2. The number of nitrogens with two attached hydrogens (primary N) is 1. The van der Waals surface area contributed by atoms with Gasteiger partial charge in [0.15, 0.2) is 0 Å². The lowest BCUT2D eigenvalue weighted by Gasteiger charge is -2.36. The molecule has 20 heavy (non-hydrogen) atoms. The van der Waals surface area contributed by atoms with Crippen LogP contribution in [0.1, 0.15) is 32.6 Å². The maximum atomic E-state index is 12.8. The summed E-state index contributed by atoms with van der Waals surface area (Å²) in [7, 11) is 0. The molecule has 1 saturated carbocycles. The second kappa shape index (κ2) is 7.38. The molecule has 1 amide bonds. The van der Waals surface area contributed by atoms with E-state index in [9.17, 15) is 4.79 Å². The Morgan fingerprint density at radius 2 is 2.00 bits per heavy atom. The van der Waals surface area contributed by atoms with Gasteiger partial charge in [-0.05, 0) is 31.7 Å². The first-order valence-corrected chi connectivity index (χ1v) is 8.01. The molecule has 1 aliphatic carbocycles. The lowest BCUT2D eigenvalue weighted by molar-refractivity contribution is -0.138. The Labute approximate surface area is 122 Å². The minimum absolute atomic E-state index is 0.00754. The zero-order chi connectivity index (χ0) is 14.5. The fourth-order valence-electron chi connectivity index (χ4n) is 3.65. The van der Waals surface area contributed by atoms with Crippen LogP contribution in [-0.4, -0.2) is 66.2 Å². The summed E-state index contributed by atoms with van der Waals surface area (Å²) in [5.41, 5.74) is 6.20. The molecule has 0 aromatic heterocycles. The van der Waals surface area contributed by atoms with E-state index in [0.717, 1.165) is 51.9 Å². The van der Waals surface area contributed by atoms with Crippen molar-refractivity contribution in [3.05, 3.63) is 0 Å². The van der Waals surface area contributed by atoms with Crippen LogP contribution in [0.3, 0.4) is 0 Å². The number of aliphatic hydroxyl groups excluding tert-OH is 1. The van der Waals surface area contributed by atoms with Crippen molar-refractivity contribution in [1.29, 1.82) is 0 Å². The molecule has 0 aromatic rings. The number of carbonyl (C=O) groups excluding carboxylic acids is 1. The molecule has 3 atom stereocenters. The van der Waals surface area contributed by atoms with E-state index in [1.54, 1.807) is 0 Å². The molecule has 0 bridgehead atoms. The van der Waals surface area contributed by atoms with Gasteiger partial charge in [-0.15, -0.1) is 0 Å². The van der Waals surface area contributed by atoms with Crippen LogP contribution in [0.5, 0.6) is 0 Å². The molecule has 2 rings (SSSR count). The van der Waals surface area contributed by atoms with Gasteiger partial charge in [0.2, 0.25) is 5.91 Å². The normalized spacial score (nSPS) is 33.0. The number of rotatable bonds is 3. The summed E-state index contributed by atoms with van der Waals surface area (Å²) in [6, 6.07) is 0.0306. The van der Waals surface area contributed by atoms with Gasteiger partial charge in [-0.2, -0.15) is 0 Å². The highest BCUT2D eigenvalue weighted by Gasteiger charge is 2.36. The van der Waals surface area contributed by atoms with Gasteiger partial charge in [-0.3, -0.25) is 9.69 Å². The number of hydrogen-bond donors (Lipinski definition) is 2. The Balaban J connectivity index is 1.94. The van der Waals surface area contributed by atoms with E-state index in [2.05, 4.69) is 11.8 Å². The monoisotopic (exact) mass is 283 g/mol. The van der Waals surface area contributed by atoms with Crippen LogP contribution in [0.4, 0.5) is 0 Å². The molecule has 1 aliphatic heterocycles. The lowest BCUT2D eigenvalue weighted by atomic mass is 9.76. The van der Waals surface area contributed by atoms with E-state index in [-0.39, 0.29) is 24.5 Å². The number of hydrogen-bond acceptors (Lipinski definition) is 4. The van der Waals surface area contributed by atoms with Crippen LogP contribution >= 0.6 is 0 Å². The molecule has 1 heterocycles. The number of β-amino-alcohol motifs (C(OH)–C–C–N with tert-alkyl or cyclic N) is 1. The van der Waals surface area contributed by atoms with Gasteiger partial charge in [0.25, 0.3) is 0 Å². The van der Waals surface area contributed by atoms with Crippen LogP contribution in [-0.2, 0) is 4.79 Å². The van der Waals surface area contributed by atoms with Gasteiger partial charge in [0.05, 0.1) is 12.5 Å². The zero-order valence-corrected chi connectivity index (χ0v) is 12.6. The second-order valence-corrected chi connectivity index (χ2v) is 6.34. The molecule has 0 aromatic carbocycles. The largest absolute Gasteiger partial charge is 0.395 e. The standard InChI is InChI=1S/C15H29N3O2/c1-12-4-2-5-13(16)14(12)15(20)18-7-3-6-17(8-9-18)10-11-19/h12-14,19H,2-11,16H2,1H3.